The lowest BCUT2D eigenvalue weighted by molar-refractivity contribution is 0.0327. The minimum absolute atomic E-state index is 0.0970. The molecular formula is C22H23N3OS. The van der Waals surface area contributed by atoms with Crippen molar-refractivity contribution in [1.29, 1.82) is 5.26 Å². The van der Waals surface area contributed by atoms with Gasteiger partial charge in [0, 0.05) is 17.8 Å². The first-order valence-corrected chi connectivity index (χ1v) is 10.2. The summed E-state index contributed by atoms with van der Waals surface area (Å²) < 4.78 is 5.85. The van der Waals surface area contributed by atoms with E-state index in [-0.39, 0.29) is 18.2 Å². The van der Waals surface area contributed by atoms with E-state index in [1.165, 1.54) is 16.7 Å². The van der Waals surface area contributed by atoms with Crippen molar-refractivity contribution < 1.29 is 4.74 Å². The Hall–Kier alpha value is -2.26. The van der Waals surface area contributed by atoms with Crippen LogP contribution in [0.2, 0.25) is 0 Å². The molecule has 2 N–H and O–H groups in total. The van der Waals surface area contributed by atoms with Gasteiger partial charge >= 0.3 is 0 Å². The molecule has 0 radical (unpaired) electrons. The SMILES string of the molecule is CC(C)OC1CC=C(c2ncc(-c3cccc4c3CC[C@@H]4N)s2)C=C1C#N. The molecule has 2 aromatic rings. The van der Waals surface area contributed by atoms with E-state index >= 15 is 0 Å². The molecule has 1 aromatic carbocycles. The van der Waals surface area contributed by atoms with Gasteiger partial charge in [-0.25, -0.2) is 4.98 Å². The van der Waals surface area contributed by atoms with E-state index in [1.54, 1.807) is 11.3 Å². The summed E-state index contributed by atoms with van der Waals surface area (Å²) in [6.07, 6.45) is 8.67. The van der Waals surface area contributed by atoms with E-state index in [0.29, 0.717) is 12.0 Å². The van der Waals surface area contributed by atoms with E-state index in [4.69, 9.17) is 10.5 Å². The monoisotopic (exact) mass is 377 g/mol. The van der Waals surface area contributed by atoms with Crippen molar-refractivity contribution in [2.24, 2.45) is 5.73 Å². The number of nitriles is 1. The molecule has 27 heavy (non-hydrogen) atoms. The summed E-state index contributed by atoms with van der Waals surface area (Å²) in [6, 6.07) is 8.82. The van der Waals surface area contributed by atoms with Crippen LogP contribution in [0.4, 0.5) is 0 Å². The lowest BCUT2D eigenvalue weighted by atomic mass is 9.97. The van der Waals surface area contributed by atoms with Crippen LogP contribution in [0, 0.1) is 11.3 Å². The fraction of sp³-hybridized carbons (Fsp3) is 0.364. The van der Waals surface area contributed by atoms with Gasteiger partial charge in [-0.3, -0.25) is 0 Å². The second-order valence-corrected chi connectivity index (χ2v) is 8.36. The van der Waals surface area contributed by atoms with Gasteiger partial charge in [0.15, 0.2) is 0 Å². The molecule has 0 spiro atoms. The molecule has 1 unspecified atom stereocenters. The summed E-state index contributed by atoms with van der Waals surface area (Å²) in [7, 11) is 0. The third-order valence-electron chi connectivity index (χ3n) is 5.11. The topological polar surface area (TPSA) is 71.9 Å². The maximum Gasteiger partial charge on any atom is 0.123 e. The highest BCUT2D eigenvalue weighted by atomic mass is 32.1. The number of ether oxygens (including phenoxy) is 1. The predicted molar refractivity (Wildman–Crippen MR) is 109 cm³/mol. The van der Waals surface area contributed by atoms with Crippen LogP contribution in [0.3, 0.4) is 0 Å². The number of aromatic nitrogens is 1. The molecule has 138 valence electrons. The first-order chi connectivity index (χ1) is 13.1. The largest absolute Gasteiger partial charge is 0.370 e. The molecule has 1 aromatic heterocycles. The number of fused-ring (bicyclic) bond motifs is 1. The fourth-order valence-electron chi connectivity index (χ4n) is 3.84. The number of nitrogens with zero attached hydrogens (tertiary/aromatic N) is 2. The molecule has 0 saturated heterocycles. The van der Waals surface area contributed by atoms with Crippen molar-refractivity contribution in [3.05, 3.63) is 58.3 Å². The molecule has 4 nitrogen and oxygen atoms in total. The van der Waals surface area contributed by atoms with Crippen LogP contribution in [0.5, 0.6) is 0 Å². The maximum atomic E-state index is 9.50. The van der Waals surface area contributed by atoms with E-state index < -0.39 is 0 Å². The molecule has 2 aliphatic carbocycles. The smallest absolute Gasteiger partial charge is 0.123 e. The van der Waals surface area contributed by atoms with Crippen molar-refractivity contribution in [2.75, 3.05) is 0 Å². The number of allylic oxidation sites excluding steroid dienone is 2. The molecule has 0 amide bonds. The quantitative estimate of drug-likeness (QED) is 0.832. The van der Waals surface area contributed by atoms with Gasteiger partial charge in [0.05, 0.1) is 28.7 Å². The van der Waals surface area contributed by atoms with Crippen molar-refractivity contribution in [3.63, 3.8) is 0 Å². The minimum Gasteiger partial charge on any atom is -0.370 e. The van der Waals surface area contributed by atoms with Gasteiger partial charge in [-0.1, -0.05) is 24.3 Å². The Morgan fingerprint density at radius 2 is 2.22 bits per heavy atom. The third kappa shape index (κ3) is 3.49. The van der Waals surface area contributed by atoms with Gasteiger partial charge in [0.2, 0.25) is 0 Å². The van der Waals surface area contributed by atoms with Crippen molar-refractivity contribution >= 4 is 16.9 Å². The Kier molecular flexibility index (Phi) is 4.96. The molecular weight excluding hydrogens is 354 g/mol. The summed E-state index contributed by atoms with van der Waals surface area (Å²) in [5, 5.41) is 10.4. The predicted octanol–water partition coefficient (Wildman–Crippen LogP) is 4.79. The second-order valence-electron chi connectivity index (χ2n) is 7.33. The summed E-state index contributed by atoms with van der Waals surface area (Å²) in [5.74, 6) is 0. The molecule has 4 rings (SSSR count). The normalized spacial score (nSPS) is 21.6. The molecule has 1 heterocycles. The Balaban J connectivity index is 1.62. The van der Waals surface area contributed by atoms with E-state index in [9.17, 15) is 5.26 Å². The van der Waals surface area contributed by atoms with Gasteiger partial charge in [-0.05, 0) is 55.9 Å². The zero-order valence-electron chi connectivity index (χ0n) is 15.6. The van der Waals surface area contributed by atoms with Crippen LogP contribution in [0.15, 0.2) is 42.1 Å². The highest BCUT2D eigenvalue weighted by molar-refractivity contribution is 7.16. The lowest BCUT2D eigenvalue weighted by Crippen LogP contribution is -2.21. The van der Waals surface area contributed by atoms with Crippen LogP contribution in [-0.4, -0.2) is 17.2 Å². The summed E-state index contributed by atoms with van der Waals surface area (Å²) in [4.78, 5) is 5.80. The van der Waals surface area contributed by atoms with Gasteiger partial charge in [0.25, 0.3) is 0 Å². The Morgan fingerprint density at radius 3 is 3.00 bits per heavy atom. The van der Waals surface area contributed by atoms with Crippen LogP contribution >= 0.6 is 11.3 Å². The summed E-state index contributed by atoms with van der Waals surface area (Å²) in [6.45, 7) is 3.98. The molecule has 5 heteroatoms. The van der Waals surface area contributed by atoms with Gasteiger partial charge in [0.1, 0.15) is 5.01 Å². The highest BCUT2D eigenvalue weighted by Gasteiger charge is 2.24. The van der Waals surface area contributed by atoms with Crippen molar-refractivity contribution in [2.45, 2.75) is 51.4 Å². The first kappa shape index (κ1) is 18.1. The van der Waals surface area contributed by atoms with Crippen LogP contribution < -0.4 is 5.73 Å². The van der Waals surface area contributed by atoms with E-state index in [0.717, 1.165) is 28.3 Å². The van der Waals surface area contributed by atoms with E-state index in [1.807, 2.05) is 26.1 Å². The number of thiazole rings is 1. The van der Waals surface area contributed by atoms with Crippen LogP contribution in [-0.2, 0) is 11.2 Å². The number of benzene rings is 1. The number of hydrogen-bond acceptors (Lipinski definition) is 5. The lowest BCUT2D eigenvalue weighted by Gasteiger charge is -2.21. The van der Waals surface area contributed by atoms with Gasteiger partial charge < -0.3 is 10.5 Å². The molecule has 0 saturated carbocycles. The maximum absolute atomic E-state index is 9.50. The highest BCUT2D eigenvalue weighted by Crippen LogP contribution is 2.40. The Morgan fingerprint density at radius 1 is 1.37 bits per heavy atom. The third-order valence-corrected chi connectivity index (χ3v) is 6.19. The molecule has 0 bridgehead atoms. The number of rotatable bonds is 4. The number of hydrogen-bond donors (Lipinski definition) is 1. The van der Waals surface area contributed by atoms with Crippen molar-refractivity contribution in [1.82, 2.24) is 4.98 Å². The summed E-state index contributed by atoms with van der Waals surface area (Å²) in [5.41, 5.74) is 11.8. The van der Waals surface area contributed by atoms with Crippen LogP contribution in [0.1, 0.15) is 48.9 Å². The molecule has 0 fully saturated rings. The molecule has 2 atom stereocenters. The standard InChI is InChI=1S/C22H23N3OS/c1-13(2)26-20-9-6-14(10-15(20)11-23)22-25-12-21(27-22)18-5-3-4-17-16(18)7-8-19(17)24/h3-6,10,12-13,19-20H,7-9,24H2,1-2H3/t19-,20?/m0/s1. The molecule has 0 aliphatic heterocycles. The summed E-state index contributed by atoms with van der Waals surface area (Å²) >= 11 is 1.67. The van der Waals surface area contributed by atoms with Gasteiger partial charge in [-0.15, -0.1) is 11.3 Å². The molecule has 2 aliphatic rings. The average Bonchev–Trinajstić information content (AvgIpc) is 3.29. The Bertz CT molecular complexity index is 964. The van der Waals surface area contributed by atoms with E-state index in [2.05, 4.69) is 35.3 Å². The zero-order valence-corrected chi connectivity index (χ0v) is 16.4. The minimum atomic E-state index is -0.155. The average molecular weight is 378 g/mol. The zero-order chi connectivity index (χ0) is 19.0. The Labute approximate surface area is 164 Å². The van der Waals surface area contributed by atoms with Gasteiger partial charge in [-0.2, -0.15) is 5.26 Å². The second kappa shape index (κ2) is 7.40. The van der Waals surface area contributed by atoms with Crippen molar-refractivity contribution in [3.8, 4) is 16.5 Å². The first-order valence-electron chi connectivity index (χ1n) is 9.38. The van der Waals surface area contributed by atoms with Crippen LogP contribution in [0.25, 0.3) is 16.0 Å². The fourth-order valence-corrected chi connectivity index (χ4v) is 4.82. The number of nitrogens with two attached hydrogens (primary N) is 1.